The molecule has 0 aromatic carbocycles. The highest BCUT2D eigenvalue weighted by molar-refractivity contribution is 5.99. The second-order valence-corrected chi connectivity index (χ2v) is 6.12. The third-order valence-corrected chi connectivity index (χ3v) is 4.73. The summed E-state index contributed by atoms with van der Waals surface area (Å²) in [5, 5.41) is 0. The molecule has 1 aromatic heterocycles. The summed E-state index contributed by atoms with van der Waals surface area (Å²) in [6.45, 7) is 11.1. The van der Waals surface area contributed by atoms with Crippen molar-refractivity contribution >= 4 is 5.78 Å². The van der Waals surface area contributed by atoms with Gasteiger partial charge in [0.15, 0.2) is 5.78 Å². The highest BCUT2D eigenvalue weighted by Crippen LogP contribution is 2.19. The molecule has 0 aliphatic carbocycles. The Balaban J connectivity index is 2.11. The lowest BCUT2D eigenvalue weighted by Crippen LogP contribution is -2.37. The first-order valence-electron chi connectivity index (χ1n) is 7.98. The van der Waals surface area contributed by atoms with Crippen molar-refractivity contribution in [3.8, 4) is 0 Å². The lowest BCUT2D eigenvalue weighted by molar-refractivity contribution is 0.0901. The molecule has 0 saturated carbocycles. The van der Waals surface area contributed by atoms with E-state index in [1.54, 1.807) is 0 Å². The summed E-state index contributed by atoms with van der Waals surface area (Å²) < 4.78 is 2.22. The smallest absolute Gasteiger partial charge is 0.178 e. The van der Waals surface area contributed by atoms with Gasteiger partial charge in [-0.3, -0.25) is 9.69 Å². The van der Waals surface area contributed by atoms with Crippen LogP contribution >= 0.6 is 0 Å². The van der Waals surface area contributed by atoms with Gasteiger partial charge in [0.1, 0.15) is 0 Å². The molecule has 112 valence electrons. The van der Waals surface area contributed by atoms with Gasteiger partial charge in [-0.05, 0) is 53.1 Å². The summed E-state index contributed by atoms with van der Waals surface area (Å²) in [5.74, 6) is 0.284. The van der Waals surface area contributed by atoms with Crippen molar-refractivity contribution < 1.29 is 4.79 Å². The predicted molar refractivity (Wildman–Crippen MR) is 83.4 cm³/mol. The Morgan fingerprint density at radius 1 is 1.30 bits per heavy atom. The molecule has 20 heavy (non-hydrogen) atoms. The zero-order chi connectivity index (χ0) is 14.7. The fourth-order valence-corrected chi connectivity index (χ4v) is 3.41. The SMILES string of the molecule is CCn1c(C)cc(C(=O)CN2CCCCCC2C)c1C. The van der Waals surface area contributed by atoms with Gasteiger partial charge in [-0.25, -0.2) is 0 Å². The Morgan fingerprint density at radius 2 is 2.05 bits per heavy atom. The van der Waals surface area contributed by atoms with Gasteiger partial charge in [0, 0.05) is 29.5 Å². The van der Waals surface area contributed by atoms with Crippen LogP contribution in [0.1, 0.15) is 61.3 Å². The zero-order valence-corrected chi connectivity index (χ0v) is 13.4. The molecule has 2 rings (SSSR count). The highest BCUT2D eigenvalue weighted by Gasteiger charge is 2.22. The molecule has 1 atom stereocenters. The van der Waals surface area contributed by atoms with Gasteiger partial charge < -0.3 is 4.57 Å². The van der Waals surface area contributed by atoms with E-state index in [-0.39, 0.29) is 5.78 Å². The van der Waals surface area contributed by atoms with Crippen LogP contribution in [0.25, 0.3) is 0 Å². The molecule has 1 unspecified atom stereocenters. The molecule has 0 radical (unpaired) electrons. The minimum absolute atomic E-state index is 0.284. The van der Waals surface area contributed by atoms with Crippen LogP contribution in [-0.4, -0.2) is 34.4 Å². The van der Waals surface area contributed by atoms with Gasteiger partial charge in [0.25, 0.3) is 0 Å². The van der Waals surface area contributed by atoms with Gasteiger partial charge in [0.2, 0.25) is 0 Å². The maximum atomic E-state index is 12.6. The van der Waals surface area contributed by atoms with Crippen LogP contribution in [0.5, 0.6) is 0 Å². The molecule has 0 N–H and O–H groups in total. The number of carbonyl (C=O) groups excluding carboxylic acids is 1. The average molecular weight is 276 g/mol. The second kappa shape index (κ2) is 6.57. The van der Waals surface area contributed by atoms with Crippen LogP contribution in [0, 0.1) is 13.8 Å². The maximum absolute atomic E-state index is 12.6. The molecule has 2 heterocycles. The molecule has 0 spiro atoms. The topological polar surface area (TPSA) is 25.2 Å². The first-order chi connectivity index (χ1) is 9.54. The van der Waals surface area contributed by atoms with Crippen LogP contribution in [0.15, 0.2) is 6.07 Å². The Hall–Kier alpha value is -1.09. The first kappa shape index (κ1) is 15.3. The Kier molecular flexibility index (Phi) is 5.03. The van der Waals surface area contributed by atoms with Crippen LogP contribution in [0.2, 0.25) is 0 Å². The highest BCUT2D eigenvalue weighted by atomic mass is 16.1. The normalized spacial score (nSPS) is 20.9. The Bertz CT molecular complexity index is 476. The third kappa shape index (κ3) is 3.14. The lowest BCUT2D eigenvalue weighted by atomic mass is 10.1. The van der Waals surface area contributed by atoms with Gasteiger partial charge in [-0.1, -0.05) is 12.8 Å². The standard InChI is InChI=1S/C17H28N2O/c1-5-19-14(3)11-16(15(19)4)17(20)12-18-10-8-6-7-9-13(18)2/h11,13H,5-10,12H2,1-4H3. The number of hydrogen-bond acceptors (Lipinski definition) is 2. The fourth-order valence-electron chi connectivity index (χ4n) is 3.41. The molecule has 3 heteroatoms. The first-order valence-corrected chi connectivity index (χ1v) is 7.98. The molecule has 0 amide bonds. The summed E-state index contributed by atoms with van der Waals surface area (Å²) >= 11 is 0. The minimum atomic E-state index is 0.284. The minimum Gasteiger partial charge on any atom is -0.349 e. The zero-order valence-electron chi connectivity index (χ0n) is 13.4. The molecule has 1 aliphatic rings. The number of hydrogen-bond donors (Lipinski definition) is 0. The second-order valence-electron chi connectivity index (χ2n) is 6.12. The van der Waals surface area contributed by atoms with Crippen molar-refractivity contribution in [3.05, 3.63) is 23.0 Å². The quantitative estimate of drug-likeness (QED) is 0.785. The van der Waals surface area contributed by atoms with Crippen molar-refractivity contribution in [2.75, 3.05) is 13.1 Å². The van der Waals surface area contributed by atoms with Gasteiger partial charge in [0.05, 0.1) is 6.54 Å². The van der Waals surface area contributed by atoms with E-state index in [9.17, 15) is 4.79 Å². The summed E-state index contributed by atoms with van der Waals surface area (Å²) in [7, 11) is 0. The van der Waals surface area contributed by atoms with E-state index >= 15 is 0 Å². The number of aromatic nitrogens is 1. The molecule has 1 fully saturated rings. The van der Waals surface area contributed by atoms with Crippen molar-refractivity contribution in [3.63, 3.8) is 0 Å². The molecular weight excluding hydrogens is 248 g/mol. The van der Waals surface area contributed by atoms with Gasteiger partial charge >= 0.3 is 0 Å². The van der Waals surface area contributed by atoms with Crippen molar-refractivity contribution in [1.82, 2.24) is 9.47 Å². The van der Waals surface area contributed by atoms with Crippen molar-refractivity contribution in [2.45, 2.75) is 66.0 Å². The molecule has 1 aromatic rings. The number of rotatable bonds is 4. The van der Waals surface area contributed by atoms with E-state index in [1.807, 2.05) is 0 Å². The summed E-state index contributed by atoms with van der Waals surface area (Å²) in [6.07, 6.45) is 5.06. The number of ketones is 1. The molecule has 1 saturated heterocycles. The summed E-state index contributed by atoms with van der Waals surface area (Å²) in [6, 6.07) is 2.60. The Morgan fingerprint density at radius 3 is 2.70 bits per heavy atom. The van der Waals surface area contributed by atoms with E-state index in [0.717, 1.165) is 24.3 Å². The molecule has 0 bridgehead atoms. The predicted octanol–water partition coefficient (Wildman–Crippen LogP) is 3.57. The molecular formula is C17H28N2O. The number of aryl methyl sites for hydroxylation is 1. The fraction of sp³-hybridized carbons (Fsp3) is 0.706. The number of carbonyl (C=O) groups is 1. The van der Waals surface area contributed by atoms with Gasteiger partial charge in [-0.2, -0.15) is 0 Å². The van der Waals surface area contributed by atoms with Crippen LogP contribution in [0.3, 0.4) is 0 Å². The van der Waals surface area contributed by atoms with Crippen LogP contribution in [-0.2, 0) is 6.54 Å². The van der Waals surface area contributed by atoms with Crippen molar-refractivity contribution in [2.24, 2.45) is 0 Å². The number of Topliss-reactive ketones (excluding diaryl/α,β-unsaturated/α-hetero) is 1. The van der Waals surface area contributed by atoms with Crippen LogP contribution < -0.4 is 0 Å². The van der Waals surface area contributed by atoms with E-state index in [4.69, 9.17) is 0 Å². The average Bonchev–Trinajstić information content (AvgIpc) is 2.57. The van der Waals surface area contributed by atoms with Crippen LogP contribution in [0.4, 0.5) is 0 Å². The number of likely N-dealkylation sites (tertiary alicyclic amines) is 1. The largest absolute Gasteiger partial charge is 0.349 e. The summed E-state index contributed by atoms with van der Waals surface area (Å²) in [4.78, 5) is 15.0. The monoisotopic (exact) mass is 276 g/mol. The summed E-state index contributed by atoms with van der Waals surface area (Å²) in [5.41, 5.74) is 3.23. The Labute approximate surface area is 123 Å². The molecule has 1 aliphatic heterocycles. The van der Waals surface area contributed by atoms with E-state index in [0.29, 0.717) is 12.6 Å². The maximum Gasteiger partial charge on any atom is 0.178 e. The van der Waals surface area contributed by atoms with E-state index < -0.39 is 0 Å². The van der Waals surface area contributed by atoms with Crippen molar-refractivity contribution in [1.29, 1.82) is 0 Å². The third-order valence-electron chi connectivity index (χ3n) is 4.73. The van der Waals surface area contributed by atoms with E-state index in [2.05, 4.69) is 43.2 Å². The lowest BCUT2D eigenvalue weighted by Gasteiger charge is -2.26. The van der Waals surface area contributed by atoms with E-state index in [1.165, 1.54) is 31.4 Å². The number of nitrogens with zero attached hydrogens (tertiary/aromatic N) is 2. The molecule has 3 nitrogen and oxygen atoms in total. The van der Waals surface area contributed by atoms with Gasteiger partial charge in [-0.15, -0.1) is 0 Å².